The zero-order chi connectivity index (χ0) is 15.4. The van der Waals surface area contributed by atoms with Crippen LogP contribution in [0.25, 0.3) is 0 Å². The summed E-state index contributed by atoms with van der Waals surface area (Å²) in [7, 11) is 0. The summed E-state index contributed by atoms with van der Waals surface area (Å²) in [5, 5.41) is 19.8. The van der Waals surface area contributed by atoms with Gasteiger partial charge in [-0.05, 0) is 18.2 Å². The second-order valence-corrected chi connectivity index (χ2v) is 4.88. The van der Waals surface area contributed by atoms with Crippen LogP contribution in [0.2, 0.25) is 0 Å². The summed E-state index contributed by atoms with van der Waals surface area (Å²) in [6, 6.07) is 8.30. The summed E-state index contributed by atoms with van der Waals surface area (Å²) >= 11 is 0.688. The van der Waals surface area contributed by atoms with Gasteiger partial charge in [0.1, 0.15) is 10.6 Å². The smallest absolute Gasteiger partial charge is 0.324 e. The quantitative estimate of drug-likeness (QED) is 0.585. The van der Waals surface area contributed by atoms with Crippen molar-refractivity contribution < 1.29 is 19.6 Å². The maximum Gasteiger partial charge on any atom is 0.324 e. The van der Waals surface area contributed by atoms with Crippen molar-refractivity contribution in [3.8, 4) is 5.75 Å². The molecular weight excluding hydrogens is 298 g/mol. The topological polar surface area (TPSA) is 122 Å². The molecule has 0 aliphatic heterocycles. The van der Waals surface area contributed by atoms with Gasteiger partial charge in [0.2, 0.25) is 0 Å². The number of phenolic OH excluding ortho intramolecular Hbond substituents is 1. The minimum absolute atomic E-state index is 0.00467. The number of hydrogen-bond donors (Lipinski definition) is 3. The van der Waals surface area contributed by atoms with Crippen molar-refractivity contribution in [3.63, 3.8) is 0 Å². The number of rotatable bonds is 3. The summed E-state index contributed by atoms with van der Waals surface area (Å²) in [5.74, 6) is -1.61. The van der Waals surface area contributed by atoms with Gasteiger partial charge in [0.25, 0.3) is 11.8 Å². The van der Waals surface area contributed by atoms with E-state index in [1.807, 2.05) is 0 Å². The van der Waals surface area contributed by atoms with Gasteiger partial charge in [0, 0.05) is 6.07 Å². The summed E-state index contributed by atoms with van der Waals surface area (Å²) in [6.45, 7) is 0. The molecule has 0 saturated carbocycles. The Hall–Kier alpha value is -2.94. The van der Waals surface area contributed by atoms with E-state index in [1.165, 1.54) is 24.3 Å². The maximum absolute atomic E-state index is 11.7. The molecule has 2 rings (SSSR count). The average molecular weight is 307 g/mol. The third kappa shape index (κ3) is 3.34. The second kappa shape index (κ2) is 6.01. The molecule has 0 aliphatic rings. The molecule has 0 aliphatic carbocycles. The molecule has 8 nitrogen and oxygen atoms in total. The highest BCUT2D eigenvalue weighted by atomic mass is 32.1. The zero-order valence-corrected chi connectivity index (χ0v) is 11.2. The van der Waals surface area contributed by atoms with E-state index in [9.17, 15) is 24.8 Å². The lowest BCUT2D eigenvalue weighted by Crippen LogP contribution is -2.41. The molecule has 9 heteroatoms. The summed E-state index contributed by atoms with van der Waals surface area (Å²) < 4.78 is 0. The number of para-hydroxylation sites is 1. The van der Waals surface area contributed by atoms with E-state index in [4.69, 9.17) is 0 Å². The summed E-state index contributed by atoms with van der Waals surface area (Å²) in [4.78, 5) is 33.4. The Morgan fingerprint density at radius 1 is 1.10 bits per heavy atom. The van der Waals surface area contributed by atoms with E-state index in [0.717, 1.165) is 0 Å². The van der Waals surface area contributed by atoms with E-state index in [-0.39, 0.29) is 21.2 Å². The molecule has 1 aromatic heterocycles. The van der Waals surface area contributed by atoms with Crippen molar-refractivity contribution in [2.75, 3.05) is 0 Å². The second-order valence-electron chi connectivity index (χ2n) is 3.82. The first-order valence-electron chi connectivity index (χ1n) is 5.62. The standard InChI is InChI=1S/C12H9N3O5S/c16-8-4-2-1-3-7(8)11(17)13-14-12(18)9-5-6-10(21-9)15(19)20/h1-6,16H,(H,13,17)(H,14,18). The molecular formula is C12H9N3O5S. The predicted octanol–water partition coefficient (Wildman–Crippen LogP) is 1.44. The highest BCUT2D eigenvalue weighted by Crippen LogP contribution is 2.23. The first-order valence-corrected chi connectivity index (χ1v) is 6.43. The van der Waals surface area contributed by atoms with E-state index >= 15 is 0 Å². The van der Waals surface area contributed by atoms with E-state index in [1.54, 1.807) is 12.1 Å². The number of nitro groups is 1. The Kier molecular flexibility index (Phi) is 4.14. The molecule has 2 aromatic rings. The zero-order valence-electron chi connectivity index (χ0n) is 10.4. The van der Waals surface area contributed by atoms with Gasteiger partial charge in [-0.1, -0.05) is 23.5 Å². The normalized spacial score (nSPS) is 9.90. The van der Waals surface area contributed by atoms with Crippen LogP contribution in [0.15, 0.2) is 36.4 Å². The van der Waals surface area contributed by atoms with Crippen LogP contribution in [0.5, 0.6) is 5.75 Å². The van der Waals surface area contributed by atoms with Crippen molar-refractivity contribution in [2.24, 2.45) is 0 Å². The van der Waals surface area contributed by atoms with Crippen LogP contribution < -0.4 is 10.9 Å². The van der Waals surface area contributed by atoms with Crippen LogP contribution in [-0.2, 0) is 0 Å². The van der Waals surface area contributed by atoms with Gasteiger partial charge in [0.05, 0.1) is 10.5 Å². The van der Waals surface area contributed by atoms with Gasteiger partial charge in [-0.2, -0.15) is 0 Å². The Balaban J connectivity index is 1.99. The van der Waals surface area contributed by atoms with Crippen LogP contribution in [0, 0.1) is 10.1 Å². The van der Waals surface area contributed by atoms with Crippen LogP contribution in [0.3, 0.4) is 0 Å². The highest BCUT2D eigenvalue weighted by Gasteiger charge is 2.16. The number of phenols is 1. The van der Waals surface area contributed by atoms with E-state index < -0.39 is 16.7 Å². The number of benzene rings is 1. The fraction of sp³-hybridized carbons (Fsp3) is 0. The molecule has 0 radical (unpaired) electrons. The average Bonchev–Trinajstić information content (AvgIpc) is 2.95. The number of thiophene rings is 1. The fourth-order valence-electron chi connectivity index (χ4n) is 1.46. The molecule has 0 atom stereocenters. The largest absolute Gasteiger partial charge is 0.507 e. The molecule has 1 heterocycles. The lowest BCUT2D eigenvalue weighted by molar-refractivity contribution is -0.380. The lowest BCUT2D eigenvalue weighted by Gasteiger charge is -2.07. The Bertz CT molecular complexity index is 712. The molecule has 1 aromatic carbocycles. The van der Waals surface area contributed by atoms with Gasteiger partial charge in [-0.25, -0.2) is 0 Å². The SMILES string of the molecule is O=C(NNC(=O)c1ccccc1O)c1ccc([N+](=O)[O-])s1. The van der Waals surface area contributed by atoms with Crippen molar-refractivity contribution in [1.29, 1.82) is 0 Å². The van der Waals surface area contributed by atoms with E-state index in [2.05, 4.69) is 10.9 Å². The molecule has 0 fully saturated rings. The molecule has 0 unspecified atom stereocenters. The number of carbonyl (C=O) groups excluding carboxylic acids is 2. The Labute approximate surface area is 122 Å². The van der Waals surface area contributed by atoms with Crippen molar-refractivity contribution in [1.82, 2.24) is 10.9 Å². The van der Waals surface area contributed by atoms with E-state index in [0.29, 0.717) is 11.3 Å². The highest BCUT2D eigenvalue weighted by molar-refractivity contribution is 7.17. The Morgan fingerprint density at radius 2 is 1.76 bits per heavy atom. The number of amides is 2. The third-order valence-corrected chi connectivity index (χ3v) is 3.47. The number of aromatic hydroxyl groups is 1. The number of nitrogens with zero attached hydrogens (tertiary/aromatic N) is 1. The van der Waals surface area contributed by atoms with Crippen LogP contribution in [-0.4, -0.2) is 21.8 Å². The molecule has 0 spiro atoms. The first kappa shape index (κ1) is 14.5. The van der Waals surface area contributed by atoms with Gasteiger partial charge in [0.15, 0.2) is 0 Å². The van der Waals surface area contributed by atoms with Crippen molar-refractivity contribution in [3.05, 3.63) is 57.0 Å². The first-order chi connectivity index (χ1) is 9.99. The maximum atomic E-state index is 11.7. The third-order valence-electron chi connectivity index (χ3n) is 2.43. The number of hydrazine groups is 1. The lowest BCUT2D eigenvalue weighted by atomic mass is 10.2. The number of hydrogen-bond acceptors (Lipinski definition) is 6. The number of nitrogens with one attached hydrogen (secondary N) is 2. The van der Waals surface area contributed by atoms with Crippen LogP contribution in [0.1, 0.15) is 20.0 Å². The summed E-state index contributed by atoms with van der Waals surface area (Å²) in [5.41, 5.74) is 4.23. The van der Waals surface area contributed by atoms with Gasteiger partial charge in [-0.3, -0.25) is 30.6 Å². The van der Waals surface area contributed by atoms with Crippen LogP contribution in [0.4, 0.5) is 5.00 Å². The molecule has 3 N–H and O–H groups in total. The minimum atomic E-state index is -0.701. The van der Waals surface area contributed by atoms with Crippen molar-refractivity contribution >= 4 is 28.2 Å². The fourth-order valence-corrected chi connectivity index (χ4v) is 2.17. The molecule has 0 saturated heterocycles. The molecule has 0 bridgehead atoms. The molecule has 21 heavy (non-hydrogen) atoms. The van der Waals surface area contributed by atoms with Crippen molar-refractivity contribution in [2.45, 2.75) is 0 Å². The van der Waals surface area contributed by atoms with Crippen LogP contribution >= 0.6 is 11.3 Å². The molecule has 2 amide bonds. The monoisotopic (exact) mass is 307 g/mol. The Morgan fingerprint density at radius 3 is 2.38 bits per heavy atom. The number of carbonyl (C=O) groups is 2. The molecule has 108 valence electrons. The minimum Gasteiger partial charge on any atom is -0.507 e. The van der Waals surface area contributed by atoms with Gasteiger partial charge in [-0.15, -0.1) is 0 Å². The van der Waals surface area contributed by atoms with Gasteiger partial charge >= 0.3 is 5.00 Å². The van der Waals surface area contributed by atoms with Gasteiger partial charge < -0.3 is 5.11 Å². The summed E-state index contributed by atoms with van der Waals surface area (Å²) in [6.07, 6.45) is 0. The predicted molar refractivity (Wildman–Crippen MR) is 74.0 cm³/mol.